The minimum atomic E-state index is -1.02. The first-order valence-corrected chi connectivity index (χ1v) is 6.70. The number of rotatable bonds is 4. The molecule has 0 spiro atoms. The zero-order valence-corrected chi connectivity index (χ0v) is 12.3. The molecule has 1 fully saturated rings. The lowest BCUT2D eigenvalue weighted by molar-refractivity contribution is -0.385. The van der Waals surface area contributed by atoms with Gasteiger partial charge in [-0.25, -0.2) is 4.98 Å². The van der Waals surface area contributed by atoms with Crippen molar-refractivity contribution >= 4 is 23.2 Å². The van der Waals surface area contributed by atoms with Crippen LogP contribution in [0.3, 0.4) is 0 Å². The summed E-state index contributed by atoms with van der Waals surface area (Å²) >= 11 is 5.89. The summed E-state index contributed by atoms with van der Waals surface area (Å²) < 4.78 is 0. The largest absolute Gasteiger partial charge is 0.317 e. The fourth-order valence-corrected chi connectivity index (χ4v) is 2.26. The third-order valence-corrected chi connectivity index (χ3v) is 3.57. The van der Waals surface area contributed by atoms with Gasteiger partial charge in [0.15, 0.2) is 0 Å². The first kappa shape index (κ1) is 15.2. The Bertz CT molecular complexity index is 649. The Balaban J connectivity index is 2.45. The van der Waals surface area contributed by atoms with Crippen LogP contribution in [0, 0.1) is 21.4 Å². The van der Waals surface area contributed by atoms with Crippen LogP contribution in [0.2, 0.25) is 5.15 Å². The lowest BCUT2D eigenvalue weighted by Crippen LogP contribution is -2.48. The number of hydrogen-bond acceptors (Lipinski definition) is 5. The van der Waals surface area contributed by atoms with Gasteiger partial charge in [-0.3, -0.25) is 14.9 Å². The molecule has 1 heterocycles. The van der Waals surface area contributed by atoms with Crippen LogP contribution in [0.25, 0.3) is 0 Å². The van der Waals surface area contributed by atoms with E-state index in [1.165, 1.54) is 4.90 Å². The quantitative estimate of drug-likeness (QED) is 0.483. The predicted molar refractivity (Wildman–Crippen MR) is 74.8 cm³/mol. The monoisotopic (exact) mass is 308 g/mol. The molecule has 8 heteroatoms. The van der Waals surface area contributed by atoms with Gasteiger partial charge in [0.05, 0.1) is 16.6 Å². The summed E-state index contributed by atoms with van der Waals surface area (Å²) in [7, 11) is 0. The minimum Gasteiger partial charge on any atom is -0.317 e. The number of nitro groups is 1. The normalized spacial score (nSPS) is 14.4. The summed E-state index contributed by atoms with van der Waals surface area (Å²) in [4.78, 5) is 27.9. The number of pyridine rings is 1. The Hall–Kier alpha value is -2.20. The van der Waals surface area contributed by atoms with E-state index in [4.69, 9.17) is 11.6 Å². The first-order valence-electron chi connectivity index (χ1n) is 6.33. The van der Waals surface area contributed by atoms with Crippen LogP contribution < -0.4 is 0 Å². The number of aromatic nitrogens is 1. The number of halogens is 1. The fourth-order valence-electron chi connectivity index (χ4n) is 2.08. The minimum absolute atomic E-state index is 0.0394. The number of carbonyl (C=O) groups is 1. The molecule has 2 rings (SSSR count). The Morgan fingerprint density at radius 3 is 2.71 bits per heavy atom. The van der Waals surface area contributed by atoms with Crippen molar-refractivity contribution in [2.24, 2.45) is 0 Å². The number of carbonyl (C=O) groups excluding carboxylic acids is 1. The van der Waals surface area contributed by atoms with Gasteiger partial charge in [0, 0.05) is 12.1 Å². The lowest BCUT2D eigenvalue weighted by Gasteiger charge is -2.33. The summed E-state index contributed by atoms with van der Waals surface area (Å²) in [6, 6.07) is 3.14. The molecule has 0 aliphatic heterocycles. The van der Waals surface area contributed by atoms with Crippen LogP contribution >= 0.6 is 11.6 Å². The highest BCUT2D eigenvalue weighted by Crippen LogP contribution is 2.35. The van der Waals surface area contributed by atoms with Crippen molar-refractivity contribution in [3.05, 3.63) is 33.1 Å². The Morgan fingerprint density at radius 1 is 1.62 bits per heavy atom. The summed E-state index contributed by atoms with van der Waals surface area (Å²) in [6.45, 7) is 3.25. The highest BCUT2D eigenvalue weighted by Gasteiger charge is 2.43. The molecule has 0 bridgehead atoms. The molecule has 7 nitrogen and oxygen atoms in total. The summed E-state index contributed by atoms with van der Waals surface area (Å²) in [5.74, 6) is -0.509. The summed E-state index contributed by atoms with van der Waals surface area (Å²) in [5.41, 5.74) is -1.39. The van der Waals surface area contributed by atoms with E-state index in [9.17, 15) is 20.2 Å². The molecule has 110 valence electrons. The van der Waals surface area contributed by atoms with E-state index in [0.29, 0.717) is 0 Å². The van der Waals surface area contributed by atoms with E-state index in [0.717, 1.165) is 25.1 Å². The van der Waals surface area contributed by atoms with Gasteiger partial charge in [0.2, 0.25) is 0 Å². The van der Waals surface area contributed by atoms with Crippen molar-refractivity contribution in [3.63, 3.8) is 0 Å². The van der Waals surface area contributed by atoms with Crippen molar-refractivity contribution in [1.82, 2.24) is 9.88 Å². The van der Waals surface area contributed by atoms with E-state index in [1.54, 1.807) is 13.8 Å². The van der Waals surface area contributed by atoms with Crippen LogP contribution in [0.15, 0.2) is 12.3 Å². The molecule has 0 radical (unpaired) electrons. The summed E-state index contributed by atoms with van der Waals surface area (Å²) in [6.07, 6.45) is 2.60. The topological polar surface area (TPSA) is 100 Å². The molecule has 21 heavy (non-hydrogen) atoms. The molecule has 1 aliphatic rings. The molecule has 0 N–H and O–H groups in total. The van der Waals surface area contributed by atoms with Crippen LogP contribution in [-0.2, 0) is 0 Å². The molecule has 1 saturated carbocycles. The van der Waals surface area contributed by atoms with E-state index in [2.05, 4.69) is 11.1 Å². The van der Waals surface area contributed by atoms with E-state index in [-0.39, 0.29) is 22.4 Å². The number of nitriles is 1. The second-order valence-electron chi connectivity index (χ2n) is 5.37. The van der Waals surface area contributed by atoms with Gasteiger partial charge >= 0.3 is 0 Å². The van der Waals surface area contributed by atoms with E-state index < -0.39 is 16.4 Å². The molecule has 1 aliphatic carbocycles. The van der Waals surface area contributed by atoms with Crippen LogP contribution in [0.5, 0.6) is 0 Å². The number of nitrogens with zero attached hydrogens (tertiary/aromatic N) is 4. The Labute approximate surface area is 126 Å². The predicted octanol–water partition coefficient (Wildman–Crippen LogP) is 2.55. The van der Waals surface area contributed by atoms with E-state index in [1.807, 2.05) is 0 Å². The van der Waals surface area contributed by atoms with Gasteiger partial charge in [-0.05, 0) is 26.7 Å². The van der Waals surface area contributed by atoms with Gasteiger partial charge in [-0.15, -0.1) is 0 Å². The van der Waals surface area contributed by atoms with Crippen molar-refractivity contribution < 1.29 is 9.72 Å². The second-order valence-corrected chi connectivity index (χ2v) is 5.72. The maximum Gasteiger partial charge on any atom is 0.288 e. The smallest absolute Gasteiger partial charge is 0.288 e. The van der Waals surface area contributed by atoms with Crippen LogP contribution in [-0.4, -0.2) is 32.3 Å². The van der Waals surface area contributed by atoms with Gasteiger partial charge in [-0.2, -0.15) is 5.26 Å². The second kappa shape index (κ2) is 5.30. The molecule has 0 saturated heterocycles. The molecule has 1 aromatic heterocycles. The lowest BCUT2D eigenvalue weighted by atomic mass is 10.0. The van der Waals surface area contributed by atoms with Crippen molar-refractivity contribution in [3.8, 4) is 6.07 Å². The van der Waals surface area contributed by atoms with Crippen molar-refractivity contribution in [2.75, 3.05) is 0 Å². The molecular weight excluding hydrogens is 296 g/mol. The standard InChI is InChI=1S/C13H13ClN4O3/c1-13(2,7-15)17(8-3-4-8)12(19)10-5-9(18(20)21)6-16-11(10)14/h5-6,8H,3-4H2,1-2H3. The molecule has 0 atom stereocenters. The molecule has 1 aromatic rings. The molecule has 1 amide bonds. The maximum absolute atomic E-state index is 12.7. The van der Waals surface area contributed by atoms with Crippen molar-refractivity contribution in [1.29, 1.82) is 5.26 Å². The molecular formula is C13H13ClN4O3. The van der Waals surface area contributed by atoms with Gasteiger partial charge in [0.1, 0.15) is 16.9 Å². The van der Waals surface area contributed by atoms with Gasteiger partial charge < -0.3 is 4.90 Å². The number of amides is 1. The average Bonchev–Trinajstić information content (AvgIpc) is 3.23. The highest BCUT2D eigenvalue weighted by molar-refractivity contribution is 6.32. The summed E-state index contributed by atoms with van der Waals surface area (Å²) in [5, 5.41) is 19.9. The SMILES string of the molecule is CC(C)(C#N)N(C(=O)c1cc([N+](=O)[O-])cnc1Cl)C1CC1. The average molecular weight is 309 g/mol. The highest BCUT2D eigenvalue weighted by atomic mass is 35.5. The fraction of sp³-hybridized carbons (Fsp3) is 0.462. The van der Waals surface area contributed by atoms with Crippen LogP contribution in [0.4, 0.5) is 5.69 Å². The Morgan fingerprint density at radius 2 is 2.24 bits per heavy atom. The zero-order valence-electron chi connectivity index (χ0n) is 11.5. The van der Waals surface area contributed by atoms with Crippen molar-refractivity contribution in [2.45, 2.75) is 38.3 Å². The third-order valence-electron chi connectivity index (χ3n) is 3.27. The van der Waals surface area contributed by atoms with Gasteiger partial charge in [0.25, 0.3) is 11.6 Å². The van der Waals surface area contributed by atoms with Gasteiger partial charge in [-0.1, -0.05) is 11.6 Å². The number of hydrogen-bond donors (Lipinski definition) is 0. The third kappa shape index (κ3) is 2.95. The maximum atomic E-state index is 12.7. The molecule has 0 aromatic carbocycles. The van der Waals surface area contributed by atoms with E-state index >= 15 is 0 Å². The first-order chi connectivity index (χ1) is 9.77. The van der Waals surface area contributed by atoms with Crippen LogP contribution in [0.1, 0.15) is 37.0 Å². The molecule has 0 unspecified atom stereocenters. The zero-order chi connectivity index (χ0) is 15.8. The Kier molecular flexibility index (Phi) is 3.83.